The molecule has 28 heavy (non-hydrogen) atoms. The molecular weight excluding hydrogens is 360 g/mol. The first-order chi connectivity index (χ1) is 13.6. The van der Waals surface area contributed by atoms with Gasteiger partial charge in [0, 0.05) is 37.3 Å². The van der Waals surface area contributed by atoms with Crippen LogP contribution in [0.2, 0.25) is 0 Å². The summed E-state index contributed by atoms with van der Waals surface area (Å²) in [5.74, 6) is 0.940. The van der Waals surface area contributed by atoms with E-state index in [0.29, 0.717) is 55.2 Å². The van der Waals surface area contributed by atoms with Crippen molar-refractivity contribution in [1.82, 2.24) is 9.80 Å². The van der Waals surface area contributed by atoms with Crippen molar-refractivity contribution in [1.29, 1.82) is 0 Å². The van der Waals surface area contributed by atoms with Gasteiger partial charge >= 0.3 is 0 Å². The normalized spacial score (nSPS) is 13.9. The van der Waals surface area contributed by atoms with E-state index in [1.807, 2.05) is 6.07 Å². The third-order valence-electron chi connectivity index (χ3n) is 4.79. The number of methoxy groups -OCH3 is 2. The zero-order chi connectivity index (χ0) is 20.1. The van der Waals surface area contributed by atoms with Crippen molar-refractivity contribution >= 4 is 11.8 Å². The van der Waals surface area contributed by atoms with Gasteiger partial charge in [0.15, 0.2) is 11.5 Å². The van der Waals surface area contributed by atoms with Crippen LogP contribution >= 0.6 is 0 Å². The van der Waals surface area contributed by atoms with Gasteiger partial charge in [-0.1, -0.05) is 6.08 Å². The number of piperazine rings is 1. The summed E-state index contributed by atoms with van der Waals surface area (Å²) in [7, 11) is 3.12. The molecule has 0 aliphatic carbocycles. The molecule has 0 bridgehead atoms. The Morgan fingerprint density at radius 2 is 1.71 bits per heavy atom. The highest BCUT2D eigenvalue weighted by Crippen LogP contribution is 2.33. The molecule has 2 amide bonds. The fraction of sp³-hybridized carbons (Fsp3) is 0.333. The van der Waals surface area contributed by atoms with Gasteiger partial charge < -0.3 is 23.7 Å². The van der Waals surface area contributed by atoms with Crippen LogP contribution in [0.4, 0.5) is 0 Å². The van der Waals surface area contributed by atoms with E-state index in [4.69, 9.17) is 13.9 Å². The Kier molecular flexibility index (Phi) is 6.03. The van der Waals surface area contributed by atoms with Gasteiger partial charge in [0.05, 0.1) is 26.0 Å². The van der Waals surface area contributed by atoms with Gasteiger partial charge in [0.2, 0.25) is 0 Å². The monoisotopic (exact) mass is 384 g/mol. The number of allylic oxidation sites excluding steroid dienone is 1. The number of hydrogen-bond acceptors (Lipinski definition) is 5. The molecule has 7 heteroatoms. The van der Waals surface area contributed by atoms with Gasteiger partial charge in [-0.2, -0.15) is 0 Å². The molecule has 3 rings (SSSR count). The molecule has 1 aliphatic heterocycles. The van der Waals surface area contributed by atoms with E-state index in [1.54, 1.807) is 42.2 Å². The maximum absolute atomic E-state index is 13.0. The van der Waals surface area contributed by atoms with Gasteiger partial charge in [-0.3, -0.25) is 9.59 Å². The summed E-state index contributed by atoms with van der Waals surface area (Å²) in [6, 6.07) is 5.15. The van der Waals surface area contributed by atoms with Crippen molar-refractivity contribution in [3.8, 4) is 11.5 Å². The van der Waals surface area contributed by atoms with Crippen LogP contribution in [0, 0.1) is 0 Å². The van der Waals surface area contributed by atoms with Crippen molar-refractivity contribution < 1.29 is 23.5 Å². The number of ether oxygens (including phenoxy) is 2. The lowest BCUT2D eigenvalue weighted by atomic mass is 10.0. The number of furan rings is 1. The van der Waals surface area contributed by atoms with Crippen LogP contribution in [-0.2, 0) is 6.42 Å². The lowest BCUT2D eigenvalue weighted by Gasteiger charge is -2.34. The zero-order valence-electron chi connectivity index (χ0n) is 16.1. The molecule has 0 N–H and O–H groups in total. The molecule has 0 saturated carbocycles. The fourth-order valence-electron chi connectivity index (χ4n) is 3.34. The molecule has 148 valence electrons. The van der Waals surface area contributed by atoms with Gasteiger partial charge in [0.25, 0.3) is 11.8 Å². The molecule has 1 aromatic heterocycles. The van der Waals surface area contributed by atoms with Crippen LogP contribution in [0.5, 0.6) is 11.5 Å². The van der Waals surface area contributed by atoms with E-state index in [0.717, 1.165) is 5.56 Å². The number of benzene rings is 1. The van der Waals surface area contributed by atoms with E-state index >= 15 is 0 Å². The maximum Gasteiger partial charge on any atom is 0.257 e. The Labute approximate surface area is 164 Å². The topological polar surface area (TPSA) is 72.2 Å². The van der Waals surface area contributed by atoms with Crippen LogP contribution in [0.3, 0.4) is 0 Å². The summed E-state index contributed by atoms with van der Waals surface area (Å²) in [5, 5.41) is 0. The molecule has 1 aromatic carbocycles. The van der Waals surface area contributed by atoms with Crippen LogP contribution in [0.1, 0.15) is 26.3 Å². The molecular formula is C21H24N2O5. The van der Waals surface area contributed by atoms with Gasteiger partial charge in [-0.15, -0.1) is 6.58 Å². The first kappa shape index (κ1) is 19.5. The number of nitrogens with zero attached hydrogens (tertiary/aromatic N) is 2. The van der Waals surface area contributed by atoms with Crippen LogP contribution in [0.15, 0.2) is 47.8 Å². The van der Waals surface area contributed by atoms with Crippen molar-refractivity contribution in [2.45, 2.75) is 6.42 Å². The fourth-order valence-corrected chi connectivity index (χ4v) is 3.34. The Balaban J connectivity index is 1.73. The molecule has 1 fully saturated rings. The summed E-state index contributed by atoms with van der Waals surface area (Å²) in [6.07, 6.45) is 5.23. The summed E-state index contributed by atoms with van der Waals surface area (Å²) in [5.41, 5.74) is 1.90. The van der Waals surface area contributed by atoms with Crippen molar-refractivity contribution in [3.05, 3.63) is 60.1 Å². The minimum atomic E-state index is -0.0957. The van der Waals surface area contributed by atoms with Crippen molar-refractivity contribution in [2.24, 2.45) is 0 Å². The van der Waals surface area contributed by atoms with E-state index < -0.39 is 0 Å². The number of hydrogen-bond donors (Lipinski definition) is 0. The summed E-state index contributed by atoms with van der Waals surface area (Å²) in [6.45, 7) is 5.64. The lowest BCUT2D eigenvalue weighted by Crippen LogP contribution is -2.50. The van der Waals surface area contributed by atoms with E-state index in [9.17, 15) is 9.59 Å². The summed E-state index contributed by atoms with van der Waals surface area (Å²) in [4.78, 5) is 28.9. The quantitative estimate of drug-likeness (QED) is 0.716. The van der Waals surface area contributed by atoms with Crippen LogP contribution in [0.25, 0.3) is 0 Å². The number of carbonyl (C=O) groups is 2. The minimum Gasteiger partial charge on any atom is -0.493 e. The SMILES string of the molecule is C=CCc1cc(C(=O)N2CCN(C(=O)c3ccoc3)CC2)cc(OC)c1OC. The average molecular weight is 384 g/mol. The van der Waals surface area contributed by atoms with Crippen molar-refractivity contribution in [3.63, 3.8) is 0 Å². The average Bonchev–Trinajstić information content (AvgIpc) is 3.27. The maximum atomic E-state index is 13.0. The highest BCUT2D eigenvalue weighted by atomic mass is 16.5. The van der Waals surface area contributed by atoms with E-state index in [-0.39, 0.29) is 11.8 Å². The lowest BCUT2D eigenvalue weighted by molar-refractivity contribution is 0.0535. The predicted molar refractivity (Wildman–Crippen MR) is 104 cm³/mol. The van der Waals surface area contributed by atoms with Gasteiger partial charge in [0.1, 0.15) is 6.26 Å². The molecule has 2 aromatic rings. The third-order valence-corrected chi connectivity index (χ3v) is 4.79. The zero-order valence-corrected chi connectivity index (χ0v) is 16.1. The van der Waals surface area contributed by atoms with E-state index in [2.05, 4.69) is 6.58 Å². The molecule has 7 nitrogen and oxygen atoms in total. The minimum absolute atomic E-state index is 0.0831. The summed E-state index contributed by atoms with van der Waals surface area (Å²) < 4.78 is 15.8. The standard InChI is InChI=1S/C21H24N2O5/c1-4-5-15-12-17(13-18(26-2)19(15)27-3)21(25)23-9-7-22(8-10-23)20(24)16-6-11-28-14-16/h4,6,11-14H,1,5,7-10H2,2-3H3. The number of rotatable bonds is 6. The highest BCUT2D eigenvalue weighted by molar-refractivity contribution is 5.96. The Hall–Kier alpha value is -3.22. The van der Waals surface area contributed by atoms with Crippen molar-refractivity contribution in [2.75, 3.05) is 40.4 Å². The van der Waals surface area contributed by atoms with E-state index in [1.165, 1.54) is 12.5 Å². The molecule has 0 atom stereocenters. The van der Waals surface area contributed by atoms with Crippen LogP contribution in [-0.4, -0.2) is 62.0 Å². The second kappa shape index (κ2) is 8.65. The number of carbonyl (C=O) groups excluding carboxylic acids is 2. The summed E-state index contributed by atoms with van der Waals surface area (Å²) >= 11 is 0. The second-order valence-corrected chi connectivity index (χ2v) is 6.46. The largest absolute Gasteiger partial charge is 0.493 e. The molecule has 0 radical (unpaired) electrons. The smallest absolute Gasteiger partial charge is 0.257 e. The molecule has 1 aliphatic rings. The Bertz CT molecular complexity index is 852. The van der Waals surface area contributed by atoms with Gasteiger partial charge in [-0.25, -0.2) is 0 Å². The first-order valence-electron chi connectivity index (χ1n) is 9.05. The Morgan fingerprint density at radius 3 is 2.21 bits per heavy atom. The molecule has 0 spiro atoms. The number of amides is 2. The second-order valence-electron chi connectivity index (χ2n) is 6.46. The molecule has 0 unspecified atom stereocenters. The third kappa shape index (κ3) is 3.88. The molecule has 2 heterocycles. The van der Waals surface area contributed by atoms with Gasteiger partial charge in [-0.05, 0) is 24.6 Å². The first-order valence-corrected chi connectivity index (χ1v) is 9.05. The van der Waals surface area contributed by atoms with Crippen LogP contribution < -0.4 is 9.47 Å². The molecule has 1 saturated heterocycles. The highest BCUT2D eigenvalue weighted by Gasteiger charge is 2.27. The predicted octanol–water partition coefficient (Wildman–Crippen LogP) is 2.62. The Morgan fingerprint density at radius 1 is 1.07 bits per heavy atom.